The number of aryl methyl sites for hydroxylation is 1. The quantitative estimate of drug-likeness (QED) is 0.648. The minimum Gasteiger partial charge on any atom is -0.334 e. The lowest BCUT2D eigenvalue weighted by Gasteiger charge is -2.14. The van der Waals surface area contributed by atoms with Crippen LogP contribution in [0.5, 0.6) is 0 Å². The monoisotopic (exact) mass is 195 g/mol. The summed E-state index contributed by atoms with van der Waals surface area (Å²) in [5.74, 6) is 0.792. The molecule has 14 heavy (non-hydrogen) atoms. The van der Waals surface area contributed by atoms with Gasteiger partial charge in [-0.1, -0.05) is 0 Å². The van der Waals surface area contributed by atoms with E-state index >= 15 is 0 Å². The number of nitrogens with two attached hydrogens (primary N) is 1. The van der Waals surface area contributed by atoms with E-state index in [4.69, 9.17) is 5.73 Å². The van der Waals surface area contributed by atoms with Crippen molar-refractivity contribution in [2.75, 3.05) is 6.54 Å². The zero-order chi connectivity index (χ0) is 10.1. The molecule has 0 aromatic carbocycles. The molecule has 1 aromatic rings. The van der Waals surface area contributed by atoms with E-state index in [9.17, 15) is 4.79 Å². The first-order valence-electron chi connectivity index (χ1n) is 4.55. The second-order valence-electron chi connectivity index (χ2n) is 3.51. The van der Waals surface area contributed by atoms with Gasteiger partial charge in [-0.05, 0) is 6.42 Å². The van der Waals surface area contributed by atoms with Gasteiger partial charge in [0.1, 0.15) is 6.33 Å². The molecule has 6 nitrogen and oxygen atoms in total. The molecule has 1 saturated heterocycles. The fourth-order valence-corrected chi connectivity index (χ4v) is 1.54. The zero-order valence-electron chi connectivity index (χ0n) is 8.05. The molecule has 1 aliphatic heterocycles. The van der Waals surface area contributed by atoms with Gasteiger partial charge in [-0.15, -0.1) is 10.2 Å². The second kappa shape index (κ2) is 3.38. The molecule has 1 unspecified atom stereocenters. The molecule has 1 aliphatic rings. The van der Waals surface area contributed by atoms with Crippen molar-refractivity contribution in [2.45, 2.75) is 19.0 Å². The van der Waals surface area contributed by atoms with E-state index in [-0.39, 0.29) is 11.9 Å². The normalized spacial score (nSPS) is 22.0. The Kier molecular flexibility index (Phi) is 2.20. The third-order valence-electron chi connectivity index (χ3n) is 2.48. The fourth-order valence-electron chi connectivity index (χ4n) is 1.54. The smallest absolute Gasteiger partial charge is 0.239 e. The van der Waals surface area contributed by atoms with Gasteiger partial charge < -0.3 is 15.2 Å². The van der Waals surface area contributed by atoms with E-state index < -0.39 is 0 Å². The van der Waals surface area contributed by atoms with Crippen LogP contribution in [0.4, 0.5) is 0 Å². The summed E-state index contributed by atoms with van der Waals surface area (Å²) < 4.78 is 1.80. The van der Waals surface area contributed by atoms with E-state index in [2.05, 4.69) is 10.2 Å². The summed E-state index contributed by atoms with van der Waals surface area (Å²) in [5.41, 5.74) is 5.60. The molecule has 1 atom stereocenters. The summed E-state index contributed by atoms with van der Waals surface area (Å²) in [4.78, 5) is 13.2. The summed E-state index contributed by atoms with van der Waals surface area (Å²) in [6, 6.07) is -0.330. The maximum atomic E-state index is 11.5. The van der Waals surface area contributed by atoms with Gasteiger partial charge in [0.25, 0.3) is 0 Å². The number of carbonyl (C=O) groups is 1. The molecular weight excluding hydrogens is 182 g/mol. The standard InChI is InChI=1S/C8H13N5O/c1-12-5-10-11-7(12)4-13-3-2-6(9)8(13)14/h5-6H,2-4,9H2,1H3. The minimum absolute atomic E-state index is 0.00741. The maximum absolute atomic E-state index is 11.5. The molecule has 0 saturated carbocycles. The van der Waals surface area contributed by atoms with Crippen LogP contribution in [0.25, 0.3) is 0 Å². The highest BCUT2D eigenvalue weighted by Crippen LogP contribution is 2.11. The van der Waals surface area contributed by atoms with Crippen LogP contribution in [0.2, 0.25) is 0 Å². The Labute approximate surface area is 81.7 Å². The number of hydrogen-bond donors (Lipinski definition) is 1. The van der Waals surface area contributed by atoms with Gasteiger partial charge in [0.15, 0.2) is 5.82 Å². The van der Waals surface area contributed by atoms with Crippen LogP contribution in [0.1, 0.15) is 12.2 Å². The van der Waals surface area contributed by atoms with E-state index in [1.165, 1.54) is 0 Å². The molecule has 0 spiro atoms. The zero-order valence-corrected chi connectivity index (χ0v) is 8.05. The van der Waals surface area contributed by atoms with Gasteiger partial charge in [0, 0.05) is 13.6 Å². The second-order valence-corrected chi connectivity index (χ2v) is 3.51. The van der Waals surface area contributed by atoms with Crippen molar-refractivity contribution in [3.05, 3.63) is 12.2 Å². The van der Waals surface area contributed by atoms with E-state index in [1.807, 2.05) is 7.05 Å². The number of likely N-dealkylation sites (tertiary alicyclic amines) is 1. The Hall–Kier alpha value is -1.43. The minimum atomic E-state index is -0.330. The van der Waals surface area contributed by atoms with Gasteiger partial charge in [-0.3, -0.25) is 4.79 Å². The molecule has 0 radical (unpaired) electrons. The number of rotatable bonds is 2. The van der Waals surface area contributed by atoms with Crippen molar-refractivity contribution < 1.29 is 4.79 Å². The molecule has 2 N–H and O–H groups in total. The summed E-state index contributed by atoms with van der Waals surface area (Å²) in [7, 11) is 1.86. The molecule has 2 rings (SSSR count). The number of nitrogens with zero attached hydrogens (tertiary/aromatic N) is 4. The first kappa shape index (κ1) is 9.14. The summed E-state index contributed by atoms with van der Waals surface area (Å²) in [6.45, 7) is 1.22. The Balaban J connectivity index is 2.06. The lowest BCUT2D eigenvalue weighted by atomic mass is 10.3. The predicted molar refractivity (Wildman–Crippen MR) is 49.0 cm³/mol. The van der Waals surface area contributed by atoms with Crippen molar-refractivity contribution in [3.63, 3.8) is 0 Å². The Bertz CT molecular complexity index is 347. The highest BCUT2D eigenvalue weighted by atomic mass is 16.2. The lowest BCUT2D eigenvalue weighted by molar-refractivity contribution is -0.129. The predicted octanol–water partition coefficient (Wildman–Crippen LogP) is -1.13. The average Bonchev–Trinajstić information content (AvgIpc) is 2.68. The van der Waals surface area contributed by atoms with Crippen LogP contribution in [-0.4, -0.2) is 38.2 Å². The summed E-state index contributed by atoms with van der Waals surface area (Å²) in [6.07, 6.45) is 2.35. The van der Waals surface area contributed by atoms with Crippen LogP contribution >= 0.6 is 0 Å². The van der Waals surface area contributed by atoms with Gasteiger partial charge in [0.2, 0.25) is 5.91 Å². The van der Waals surface area contributed by atoms with Gasteiger partial charge in [-0.2, -0.15) is 0 Å². The molecule has 1 amide bonds. The average molecular weight is 195 g/mol. The van der Waals surface area contributed by atoms with Gasteiger partial charge >= 0.3 is 0 Å². The van der Waals surface area contributed by atoms with E-state index in [0.717, 1.165) is 12.2 Å². The number of hydrogen-bond acceptors (Lipinski definition) is 4. The molecule has 2 heterocycles. The molecular formula is C8H13N5O. The van der Waals surface area contributed by atoms with Crippen LogP contribution < -0.4 is 5.73 Å². The summed E-state index contributed by atoms with van der Waals surface area (Å²) in [5, 5.41) is 7.67. The van der Waals surface area contributed by atoms with Crippen LogP contribution in [-0.2, 0) is 18.4 Å². The van der Waals surface area contributed by atoms with E-state index in [0.29, 0.717) is 13.1 Å². The largest absolute Gasteiger partial charge is 0.334 e. The van der Waals surface area contributed by atoms with Crippen LogP contribution in [0.15, 0.2) is 6.33 Å². The van der Waals surface area contributed by atoms with Crippen molar-refractivity contribution in [2.24, 2.45) is 12.8 Å². The molecule has 1 fully saturated rings. The fraction of sp³-hybridized carbons (Fsp3) is 0.625. The van der Waals surface area contributed by atoms with Gasteiger partial charge in [0.05, 0.1) is 12.6 Å². The van der Waals surface area contributed by atoms with Gasteiger partial charge in [-0.25, -0.2) is 0 Å². The third-order valence-corrected chi connectivity index (χ3v) is 2.48. The van der Waals surface area contributed by atoms with Crippen molar-refractivity contribution in [3.8, 4) is 0 Å². The Morgan fingerprint density at radius 1 is 1.71 bits per heavy atom. The Morgan fingerprint density at radius 2 is 2.50 bits per heavy atom. The number of carbonyl (C=O) groups excluding carboxylic acids is 1. The lowest BCUT2D eigenvalue weighted by Crippen LogP contribution is -2.34. The molecule has 1 aromatic heterocycles. The van der Waals surface area contributed by atoms with Crippen molar-refractivity contribution >= 4 is 5.91 Å². The topological polar surface area (TPSA) is 77.0 Å². The van der Waals surface area contributed by atoms with Crippen molar-refractivity contribution in [1.82, 2.24) is 19.7 Å². The first-order chi connectivity index (χ1) is 6.68. The maximum Gasteiger partial charge on any atom is 0.239 e. The van der Waals surface area contributed by atoms with E-state index in [1.54, 1.807) is 15.8 Å². The molecule has 0 aliphatic carbocycles. The number of amides is 1. The highest BCUT2D eigenvalue weighted by Gasteiger charge is 2.29. The highest BCUT2D eigenvalue weighted by molar-refractivity contribution is 5.83. The Morgan fingerprint density at radius 3 is 3.00 bits per heavy atom. The molecule has 76 valence electrons. The third kappa shape index (κ3) is 1.48. The van der Waals surface area contributed by atoms with Crippen molar-refractivity contribution in [1.29, 1.82) is 0 Å². The van der Waals surface area contributed by atoms with Crippen LogP contribution in [0, 0.1) is 0 Å². The number of aromatic nitrogens is 3. The SMILES string of the molecule is Cn1cnnc1CN1CCC(N)C1=O. The molecule has 0 bridgehead atoms. The summed E-state index contributed by atoms with van der Waals surface area (Å²) >= 11 is 0. The first-order valence-corrected chi connectivity index (χ1v) is 4.55. The van der Waals surface area contributed by atoms with Crippen LogP contribution in [0.3, 0.4) is 0 Å². The molecule has 6 heteroatoms.